The van der Waals surface area contributed by atoms with Crippen molar-refractivity contribution >= 4 is 33.2 Å². The Kier molecular flexibility index (Phi) is 8.54. The Balaban J connectivity index is 1.60. The highest BCUT2D eigenvalue weighted by atomic mass is 32.2. The Bertz CT molecular complexity index is 1600. The molecule has 4 aromatic rings. The number of halogens is 3. The molecule has 0 aliphatic rings. The maximum absolute atomic E-state index is 13.5. The number of hydrogen-bond donors (Lipinski definition) is 2. The zero-order chi connectivity index (χ0) is 28.8. The second-order valence-electron chi connectivity index (χ2n) is 8.63. The SMILES string of the molecule is O=C(CN(c1cccc(C(F)(F)F)c1)S(=O)(=O)c1ccccc1)Nc1ccccc1C(=O)NCc1ccccc1. The van der Waals surface area contributed by atoms with Crippen LogP contribution in [0.1, 0.15) is 21.5 Å². The van der Waals surface area contributed by atoms with Crippen LogP contribution in [0.2, 0.25) is 0 Å². The van der Waals surface area contributed by atoms with Gasteiger partial charge in [-0.05, 0) is 48.0 Å². The van der Waals surface area contributed by atoms with Crippen molar-refractivity contribution in [2.75, 3.05) is 16.2 Å². The van der Waals surface area contributed by atoms with E-state index < -0.39 is 40.1 Å². The summed E-state index contributed by atoms with van der Waals surface area (Å²) in [4.78, 5) is 25.8. The number of amides is 2. The van der Waals surface area contributed by atoms with E-state index in [1.807, 2.05) is 30.3 Å². The summed E-state index contributed by atoms with van der Waals surface area (Å²) in [6.07, 6.45) is -4.73. The lowest BCUT2D eigenvalue weighted by Crippen LogP contribution is -2.38. The van der Waals surface area contributed by atoms with Crippen LogP contribution in [0.3, 0.4) is 0 Å². The number of carbonyl (C=O) groups is 2. The van der Waals surface area contributed by atoms with Gasteiger partial charge in [0.1, 0.15) is 6.54 Å². The largest absolute Gasteiger partial charge is 0.416 e. The van der Waals surface area contributed by atoms with Crippen LogP contribution in [0.25, 0.3) is 0 Å². The number of sulfonamides is 1. The second-order valence-corrected chi connectivity index (χ2v) is 10.5. The number of para-hydroxylation sites is 1. The molecule has 0 saturated heterocycles. The number of nitrogens with zero attached hydrogens (tertiary/aromatic N) is 1. The summed E-state index contributed by atoms with van der Waals surface area (Å²) in [5.41, 5.74) is -0.315. The van der Waals surface area contributed by atoms with Crippen molar-refractivity contribution in [3.63, 3.8) is 0 Å². The number of carbonyl (C=O) groups excluding carboxylic acids is 2. The highest BCUT2D eigenvalue weighted by Crippen LogP contribution is 2.33. The van der Waals surface area contributed by atoms with Crippen LogP contribution in [0.5, 0.6) is 0 Å². The molecule has 40 heavy (non-hydrogen) atoms. The van der Waals surface area contributed by atoms with E-state index in [2.05, 4.69) is 10.6 Å². The molecule has 0 bridgehead atoms. The lowest BCUT2D eigenvalue weighted by Gasteiger charge is -2.25. The minimum Gasteiger partial charge on any atom is -0.348 e. The van der Waals surface area contributed by atoms with Gasteiger partial charge in [0.05, 0.1) is 27.4 Å². The van der Waals surface area contributed by atoms with Gasteiger partial charge in [-0.2, -0.15) is 13.2 Å². The molecule has 4 aromatic carbocycles. The maximum atomic E-state index is 13.5. The lowest BCUT2D eigenvalue weighted by molar-refractivity contribution is -0.137. The molecule has 0 unspecified atom stereocenters. The van der Waals surface area contributed by atoms with Crippen LogP contribution in [0.4, 0.5) is 24.5 Å². The van der Waals surface area contributed by atoms with Crippen molar-refractivity contribution in [3.05, 3.63) is 126 Å². The highest BCUT2D eigenvalue weighted by Gasteiger charge is 2.33. The van der Waals surface area contributed by atoms with Crippen LogP contribution >= 0.6 is 0 Å². The normalized spacial score (nSPS) is 11.5. The number of rotatable bonds is 9. The molecular weight excluding hydrogens is 543 g/mol. The summed E-state index contributed by atoms with van der Waals surface area (Å²) in [6.45, 7) is -0.612. The predicted octanol–water partition coefficient (Wildman–Crippen LogP) is 5.47. The van der Waals surface area contributed by atoms with E-state index in [0.29, 0.717) is 10.4 Å². The van der Waals surface area contributed by atoms with Gasteiger partial charge in [-0.25, -0.2) is 8.42 Å². The topological polar surface area (TPSA) is 95.6 Å². The third-order valence-electron chi connectivity index (χ3n) is 5.82. The fourth-order valence-corrected chi connectivity index (χ4v) is 5.29. The number of benzene rings is 4. The Hall–Kier alpha value is -4.64. The van der Waals surface area contributed by atoms with Crippen LogP contribution in [-0.4, -0.2) is 26.8 Å². The average Bonchev–Trinajstić information content (AvgIpc) is 2.95. The third kappa shape index (κ3) is 6.86. The van der Waals surface area contributed by atoms with Crippen molar-refractivity contribution in [1.29, 1.82) is 0 Å². The minimum absolute atomic E-state index is 0.110. The van der Waals surface area contributed by atoms with Gasteiger partial charge in [-0.1, -0.05) is 66.7 Å². The van der Waals surface area contributed by atoms with Gasteiger partial charge in [0.25, 0.3) is 15.9 Å². The van der Waals surface area contributed by atoms with Crippen molar-refractivity contribution in [3.8, 4) is 0 Å². The maximum Gasteiger partial charge on any atom is 0.416 e. The molecule has 0 radical (unpaired) electrons. The zero-order valence-electron chi connectivity index (χ0n) is 20.9. The van der Waals surface area contributed by atoms with Crippen molar-refractivity contribution < 1.29 is 31.2 Å². The molecule has 7 nitrogen and oxygen atoms in total. The lowest BCUT2D eigenvalue weighted by atomic mass is 10.1. The molecular formula is C29H24F3N3O4S. The fraction of sp³-hybridized carbons (Fsp3) is 0.103. The number of nitrogens with one attached hydrogen (secondary N) is 2. The molecule has 4 rings (SSSR count). The Morgan fingerprint density at radius 1 is 0.775 bits per heavy atom. The molecule has 0 aliphatic heterocycles. The standard InChI is InChI=1S/C29H24F3N3O4S/c30-29(31,32)22-12-9-13-23(18-22)35(40(38,39)24-14-5-2-6-15-24)20-27(36)34-26-17-8-7-16-25(26)28(37)33-19-21-10-3-1-4-11-21/h1-18H,19-20H2,(H,33,37)(H,34,36). The van der Waals surface area contributed by atoms with Crippen LogP contribution in [-0.2, 0) is 27.5 Å². The van der Waals surface area contributed by atoms with Gasteiger partial charge in [0.2, 0.25) is 5.91 Å². The quantitative estimate of drug-likeness (QED) is 0.281. The molecule has 2 N–H and O–H groups in total. The summed E-state index contributed by atoms with van der Waals surface area (Å²) < 4.78 is 67.8. The highest BCUT2D eigenvalue weighted by molar-refractivity contribution is 7.92. The number of hydrogen-bond acceptors (Lipinski definition) is 4. The molecule has 0 atom stereocenters. The van der Waals surface area contributed by atoms with Gasteiger partial charge in [-0.3, -0.25) is 13.9 Å². The Labute approximate surface area is 229 Å². The van der Waals surface area contributed by atoms with Crippen molar-refractivity contribution in [2.24, 2.45) is 0 Å². The average molecular weight is 568 g/mol. The third-order valence-corrected chi connectivity index (χ3v) is 7.61. The first-order valence-electron chi connectivity index (χ1n) is 12.0. The van der Waals surface area contributed by atoms with Gasteiger partial charge in [-0.15, -0.1) is 0 Å². The van der Waals surface area contributed by atoms with E-state index in [0.717, 1.165) is 17.7 Å². The van der Waals surface area contributed by atoms with E-state index in [-0.39, 0.29) is 28.4 Å². The van der Waals surface area contributed by atoms with Crippen LogP contribution in [0, 0.1) is 0 Å². The van der Waals surface area contributed by atoms with E-state index in [1.165, 1.54) is 42.5 Å². The molecule has 206 valence electrons. The number of anilines is 2. The summed E-state index contributed by atoms with van der Waals surface area (Å²) in [7, 11) is -4.44. The van der Waals surface area contributed by atoms with Gasteiger partial charge >= 0.3 is 6.18 Å². The fourth-order valence-electron chi connectivity index (χ4n) is 3.86. The van der Waals surface area contributed by atoms with Crippen LogP contribution < -0.4 is 14.9 Å². The molecule has 2 amide bonds. The minimum atomic E-state index is -4.73. The summed E-state index contributed by atoms with van der Waals surface area (Å²) in [5, 5.41) is 5.29. The van der Waals surface area contributed by atoms with E-state index in [9.17, 15) is 31.2 Å². The zero-order valence-corrected chi connectivity index (χ0v) is 21.7. The first-order valence-corrected chi connectivity index (χ1v) is 13.5. The molecule has 11 heteroatoms. The smallest absolute Gasteiger partial charge is 0.348 e. The number of alkyl halides is 3. The first-order chi connectivity index (χ1) is 19.1. The molecule has 0 spiro atoms. The summed E-state index contributed by atoms with van der Waals surface area (Å²) in [5.74, 6) is -1.34. The molecule has 0 aliphatic carbocycles. The summed E-state index contributed by atoms with van der Waals surface area (Å²) in [6, 6.07) is 26.1. The van der Waals surface area contributed by atoms with Gasteiger partial charge in [0.15, 0.2) is 0 Å². The summed E-state index contributed by atoms with van der Waals surface area (Å²) >= 11 is 0. The molecule has 0 fully saturated rings. The molecule has 0 heterocycles. The predicted molar refractivity (Wildman–Crippen MR) is 145 cm³/mol. The van der Waals surface area contributed by atoms with Gasteiger partial charge < -0.3 is 10.6 Å². The van der Waals surface area contributed by atoms with Gasteiger partial charge in [0, 0.05) is 6.54 Å². The monoisotopic (exact) mass is 567 g/mol. The van der Waals surface area contributed by atoms with Crippen molar-refractivity contribution in [2.45, 2.75) is 17.6 Å². The second kappa shape index (κ2) is 12.0. The van der Waals surface area contributed by atoms with Crippen molar-refractivity contribution in [1.82, 2.24) is 5.32 Å². The van der Waals surface area contributed by atoms with Crippen LogP contribution in [0.15, 0.2) is 114 Å². The van der Waals surface area contributed by atoms with E-state index in [1.54, 1.807) is 18.2 Å². The molecule has 0 aromatic heterocycles. The molecule has 0 saturated carbocycles. The Morgan fingerprint density at radius 3 is 2.08 bits per heavy atom. The van der Waals surface area contributed by atoms with E-state index >= 15 is 0 Å². The van der Waals surface area contributed by atoms with E-state index in [4.69, 9.17) is 0 Å². The Morgan fingerprint density at radius 2 is 1.40 bits per heavy atom. The first kappa shape index (κ1) is 28.4.